The number of halogens is 1. The zero-order valence-corrected chi connectivity index (χ0v) is 10.6. The molecule has 0 aliphatic heterocycles. The molecule has 1 heterocycles. The van der Waals surface area contributed by atoms with Crippen LogP contribution in [-0.4, -0.2) is 16.5 Å². The number of benzene rings is 1. The fraction of sp³-hybridized carbons (Fsp3) is 0.286. The number of nitrogens with one attached hydrogen (secondary N) is 1. The zero-order chi connectivity index (χ0) is 13.0. The summed E-state index contributed by atoms with van der Waals surface area (Å²) in [5.41, 5.74) is 1.71. The van der Waals surface area contributed by atoms with Gasteiger partial charge in [-0.15, -0.1) is 0 Å². The lowest BCUT2D eigenvalue weighted by atomic mass is 10.2. The predicted octanol–water partition coefficient (Wildman–Crippen LogP) is 3.41. The fourth-order valence-corrected chi connectivity index (χ4v) is 1.64. The normalized spacial score (nSPS) is 10.4. The molecule has 0 bridgehead atoms. The average molecular weight is 245 g/mol. The highest BCUT2D eigenvalue weighted by molar-refractivity contribution is 5.57. The summed E-state index contributed by atoms with van der Waals surface area (Å²) < 4.78 is 12.9. The Hall–Kier alpha value is -1.97. The van der Waals surface area contributed by atoms with E-state index in [9.17, 15) is 4.39 Å². The molecular weight excluding hydrogens is 229 g/mol. The quantitative estimate of drug-likeness (QED) is 0.897. The van der Waals surface area contributed by atoms with Crippen molar-refractivity contribution in [2.24, 2.45) is 0 Å². The summed E-state index contributed by atoms with van der Waals surface area (Å²) in [5.74, 6) is 1.17. The summed E-state index contributed by atoms with van der Waals surface area (Å²) in [6.45, 7) is 4.90. The van der Waals surface area contributed by atoms with Crippen molar-refractivity contribution in [3.8, 4) is 11.4 Å². The van der Waals surface area contributed by atoms with Crippen molar-refractivity contribution in [1.29, 1.82) is 0 Å². The summed E-state index contributed by atoms with van der Waals surface area (Å²) in [5, 5.41) is 3.23. The summed E-state index contributed by atoms with van der Waals surface area (Å²) in [4.78, 5) is 8.79. The second kappa shape index (κ2) is 5.58. The van der Waals surface area contributed by atoms with Crippen molar-refractivity contribution >= 4 is 5.82 Å². The third-order valence-electron chi connectivity index (χ3n) is 2.51. The van der Waals surface area contributed by atoms with Crippen LogP contribution in [0, 0.1) is 12.7 Å². The van der Waals surface area contributed by atoms with E-state index < -0.39 is 0 Å². The van der Waals surface area contributed by atoms with Crippen LogP contribution >= 0.6 is 0 Å². The van der Waals surface area contributed by atoms with Gasteiger partial charge in [0, 0.05) is 23.9 Å². The van der Waals surface area contributed by atoms with E-state index in [0.717, 1.165) is 30.0 Å². The number of anilines is 1. The number of aromatic nitrogens is 2. The molecule has 94 valence electrons. The molecule has 0 aliphatic rings. The van der Waals surface area contributed by atoms with Crippen molar-refractivity contribution in [3.63, 3.8) is 0 Å². The molecule has 0 atom stereocenters. The number of nitrogens with zero attached hydrogens (tertiary/aromatic N) is 2. The molecule has 1 aromatic carbocycles. The van der Waals surface area contributed by atoms with Crippen LogP contribution in [0.3, 0.4) is 0 Å². The predicted molar refractivity (Wildman–Crippen MR) is 70.9 cm³/mol. The number of aryl methyl sites for hydroxylation is 1. The largest absolute Gasteiger partial charge is 0.370 e. The van der Waals surface area contributed by atoms with Crippen molar-refractivity contribution < 1.29 is 4.39 Å². The van der Waals surface area contributed by atoms with Crippen LogP contribution in [0.25, 0.3) is 11.4 Å². The summed E-state index contributed by atoms with van der Waals surface area (Å²) in [6.07, 6.45) is 1.04. The number of rotatable bonds is 4. The minimum absolute atomic E-state index is 0.254. The molecule has 0 aliphatic carbocycles. The number of hydrogen-bond acceptors (Lipinski definition) is 3. The molecule has 18 heavy (non-hydrogen) atoms. The van der Waals surface area contributed by atoms with Crippen LogP contribution in [0.15, 0.2) is 30.3 Å². The average Bonchev–Trinajstić information content (AvgIpc) is 2.36. The lowest BCUT2D eigenvalue weighted by Gasteiger charge is -2.07. The van der Waals surface area contributed by atoms with E-state index >= 15 is 0 Å². The van der Waals surface area contributed by atoms with E-state index in [1.807, 2.05) is 13.0 Å². The second-order valence-corrected chi connectivity index (χ2v) is 4.15. The van der Waals surface area contributed by atoms with Gasteiger partial charge in [-0.25, -0.2) is 14.4 Å². The molecule has 0 saturated carbocycles. The number of hydrogen-bond donors (Lipinski definition) is 1. The maximum atomic E-state index is 12.9. The summed E-state index contributed by atoms with van der Waals surface area (Å²) in [6, 6.07) is 8.12. The third kappa shape index (κ3) is 3.03. The summed E-state index contributed by atoms with van der Waals surface area (Å²) >= 11 is 0. The second-order valence-electron chi connectivity index (χ2n) is 4.15. The van der Waals surface area contributed by atoms with Gasteiger partial charge < -0.3 is 5.32 Å². The molecule has 0 spiro atoms. The van der Waals surface area contributed by atoms with Crippen LogP contribution in [0.5, 0.6) is 0 Å². The Labute approximate surface area is 106 Å². The molecule has 0 amide bonds. The molecule has 1 N–H and O–H groups in total. The van der Waals surface area contributed by atoms with Gasteiger partial charge in [0.2, 0.25) is 0 Å². The van der Waals surface area contributed by atoms with Crippen LogP contribution in [0.2, 0.25) is 0 Å². The van der Waals surface area contributed by atoms with Crippen molar-refractivity contribution in [2.75, 3.05) is 11.9 Å². The maximum absolute atomic E-state index is 12.9. The Morgan fingerprint density at radius 2 is 1.89 bits per heavy atom. The van der Waals surface area contributed by atoms with Gasteiger partial charge in [0.15, 0.2) is 5.82 Å². The molecule has 0 unspecified atom stereocenters. The maximum Gasteiger partial charge on any atom is 0.161 e. The van der Waals surface area contributed by atoms with Gasteiger partial charge in [-0.1, -0.05) is 6.92 Å². The molecule has 0 radical (unpaired) electrons. The Morgan fingerprint density at radius 3 is 2.56 bits per heavy atom. The minimum atomic E-state index is -0.254. The fourth-order valence-electron chi connectivity index (χ4n) is 1.64. The lowest BCUT2D eigenvalue weighted by molar-refractivity contribution is 0.628. The van der Waals surface area contributed by atoms with Crippen molar-refractivity contribution in [3.05, 3.63) is 41.8 Å². The highest BCUT2D eigenvalue weighted by Crippen LogP contribution is 2.18. The Bertz CT molecular complexity index is 523. The molecular formula is C14H16FN3. The van der Waals surface area contributed by atoms with E-state index in [1.54, 1.807) is 12.1 Å². The third-order valence-corrected chi connectivity index (χ3v) is 2.51. The monoisotopic (exact) mass is 245 g/mol. The highest BCUT2D eigenvalue weighted by Gasteiger charge is 2.04. The first kappa shape index (κ1) is 12.5. The standard InChI is InChI=1S/C14H16FN3/c1-3-8-16-13-9-10(2)17-14(18-13)11-4-6-12(15)7-5-11/h4-7,9H,3,8H2,1-2H3,(H,16,17,18). The summed E-state index contributed by atoms with van der Waals surface area (Å²) in [7, 11) is 0. The van der Waals surface area contributed by atoms with Gasteiger partial charge in [-0.2, -0.15) is 0 Å². The highest BCUT2D eigenvalue weighted by atomic mass is 19.1. The molecule has 3 nitrogen and oxygen atoms in total. The first-order valence-electron chi connectivity index (χ1n) is 6.04. The Balaban J connectivity index is 2.32. The molecule has 0 saturated heterocycles. The molecule has 4 heteroatoms. The molecule has 1 aromatic heterocycles. The van der Waals surface area contributed by atoms with Gasteiger partial charge in [-0.3, -0.25) is 0 Å². The Kier molecular flexibility index (Phi) is 3.87. The topological polar surface area (TPSA) is 37.8 Å². The van der Waals surface area contributed by atoms with E-state index in [1.165, 1.54) is 12.1 Å². The van der Waals surface area contributed by atoms with Crippen molar-refractivity contribution in [2.45, 2.75) is 20.3 Å². The molecule has 2 rings (SSSR count). The first-order valence-corrected chi connectivity index (χ1v) is 6.04. The van der Waals surface area contributed by atoms with Crippen LogP contribution in [-0.2, 0) is 0 Å². The van der Waals surface area contributed by atoms with Crippen LogP contribution < -0.4 is 5.32 Å². The van der Waals surface area contributed by atoms with E-state index in [0.29, 0.717) is 5.82 Å². The van der Waals surface area contributed by atoms with Crippen LogP contribution in [0.4, 0.5) is 10.2 Å². The minimum Gasteiger partial charge on any atom is -0.370 e. The van der Waals surface area contributed by atoms with Crippen LogP contribution in [0.1, 0.15) is 19.0 Å². The van der Waals surface area contributed by atoms with E-state index in [4.69, 9.17) is 0 Å². The van der Waals surface area contributed by atoms with E-state index in [-0.39, 0.29) is 5.82 Å². The van der Waals surface area contributed by atoms with Gasteiger partial charge in [0.05, 0.1) is 0 Å². The zero-order valence-electron chi connectivity index (χ0n) is 10.6. The molecule has 2 aromatic rings. The SMILES string of the molecule is CCCNc1cc(C)nc(-c2ccc(F)cc2)n1. The van der Waals surface area contributed by atoms with E-state index in [2.05, 4.69) is 22.2 Å². The van der Waals surface area contributed by atoms with Gasteiger partial charge in [0.1, 0.15) is 11.6 Å². The van der Waals surface area contributed by atoms with Gasteiger partial charge >= 0.3 is 0 Å². The van der Waals surface area contributed by atoms with Crippen molar-refractivity contribution in [1.82, 2.24) is 9.97 Å². The smallest absolute Gasteiger partial charge is 0.161 e. The molecule has 0 fully saturated rings. The van der Waals surface area contributed by atoms with Gasteiger partial charge in [-0.05, 0) is 37.6 Å². The Morgan fingerprint density at radius 1 is 1.17 bits per heavy atom. The van der Waals surface area contributed by atoms with Gasteiger partial charge in [0.25, 0.3) is 0 Å². The lowest BCUT2D eigenvalue weighted by Crippen LogP contribution is -2.04. The first-order chi connectivity index (χ1) is 8.69.